The third kappa shape index (κ3) is 1.84. The van der Waals surface area contributed by atoms with Crippen LogP contribution in [-0.2, 0) is 9.53 Å². The second-order valence-electron chi connectivity index (χ2n) is 2.33. The van der Waals surface area contributed by atoms with Crippen LogP contribution in [0.25, 0.3) is 0 Å². The number of nitrogens with zero attached hydrogens (tertiary/aromatic N) is 1. The van der Waals surface area contributed by atoms with E-state index in [1.807, 2.05) is 0 Å². The topological polar surface area (TPSA) is 55.7 Å². The van der Waals surface area contributed by atoms with Crippen LogP contribution in [-0.4, -0.2) is 19.2 Å². The van der Waals surface area contributed by atoms with Crippen molar-refractivity contribution in [3.63, 3.8) is 0 Å². The zero-order chi connectivity index (χ0) is 10.6. The lowest BCUT2D eigenvalue weighted by atomic mass is 10.2. The van der Waals surface area contributed by atoms with Crippen LogP contribution < -0.4 is 0 Å². The van der Waals surface area contributed by atoms with Gasteiger partial charge >= 0.3 is 5.97 Å². The maximum Gasteiger partial charge on any atom is 0.340 e. The van der Waals surface area contributed by atoms with Crippen LogP contribution >= 0.6 is 0 Å². The minimum absolute atomic E-state index is 0.101. The smallest absolute Gasteiger partial charge is 0.340 e. The molecule has 1 aromatic carbocycles. The van der Waals surface area contributed by atoms with Gasteiger partial charge in [0.25, 0.3) is 0 Å². The quantitative estimate of drug-likeness (QED) is 0.409. The molecule has 0 bridgehead atoms. The molecular weight excluding hydrogens is 189 g/mol. The van der Waals surface area contributed by atoms with Gasteiger partial charge in [0.05, 0.1) is 12.7 Å². The molecular formula is C9H6FNO3. The van der Waals surface area contributed by atoms with E-state index in [9.17, 15) is 14.0 Å². The third-order valence-electron chi connectivity index (χ3n) is 1.55. The fourth-order valence-electron chi connectivity index (χ4n) is 0.949. The minimum Gasteiger partial charge on any atom is -0.465 e. The van der Waals surface area contributed by atoms with E-state index in [0.29, 0.717) is 0 Å². The van der Waals surface area contributed by atoms with E-state index < -0.39 is 11.8 Å². The Morgan fingerprint density at radius 1 is 1.57 bits per heavy atom. The monoisotopic (exact) mass is 195 g/mol. The molecule has 14 heavy (non-hydrogen) atoms. The van der Waals surface area contributed by atoms with Crippen LogP contribution in [0.5, 0.6) is 0 Å². The number of esters is 1. The Kier molecular flexibility index (Phi) is 3.09. The van der Waals surface area contributed by atoms with Gasteiger partial charge < -0.3 is 4.74 Å². The number of isocyanates is 1. The average Bonchev–Trinajstić information content (AvgIpc) is 2.20. The highest BCUT2D eigenvalue weighted by Crippen LogP contribution is 2.23. The van der Waals surface area contributed by atoms with E-state index in [0.717, 1.165) is 13.2 Å². The van der Waals surface area contributed by atoms with Gasteiger partial charge in [-0.2, -0.15) is 4.99 Å². The minimum atomic E-state index is -0.767. The Labute approximate surface area is 79.0 Å². The average molecular weight is 195 g/mol. The Morgan fingerprint density at radius 2 is 2.29 bits per heavy atom. The second kappa shape index (κ2) is 4.30. The summed E-state index contributed by atoms with van der Waals surface area (Å²) in [6, 6.07) is 3.72. The van der Waals surface area contributed by atoms with Crippen LogP contribution in [0, 0.1) is 5.82 Å². The molecule has 0 fully saturated rings. The van der Waals surface area contributed by atoms with E-state index in [1.54, 1.807) is 0 Å². The van der Waals surface area contributed by atoms with Crippen molar-refractivity contribution in [3.05, 3.63) is 29.6 Å². The molecule has 72 valence electrons. The van der Waals surface area contributed by atoms with Crippen molar-refractivity contribution in [2.75, 3.05) is 7.11 Å². The van der Waals surface area contributed by atoms with Crippen LogP contribution in [0.3, 0.4) is 0 Å². The molecule has 0 saturated heterocycles. The Balaban J connectivity index is 3.34. The first-order valence-electron chi connectivity index (χ1n) is 3.65. The highest BCUT2D eigenvalue weighted by atomic mass is 19.1. The molecule has 1 aromatic rings. The van der Waals surface area contributed by atoms with Gasteiger partial charge in [-0.15, -0.1) is 0 Å². The van der Waals surface area contributed by atoms with Crippen molar-refractivity contribution in [3.8, 4) is 0 Å². The van der Waals surface area contributed by atoms with Crippen LogP contribution in [0.4, 0.5) is 10.1 Å². The number of benzene rings is 1. The summed E-state index contributed by atoms with van der Waals surface area (Å²) in [6.45, 7) is 0. The molecule has 0 heterocycles. The van der Waals surface area contributed by atoms with Crippen molar-refractivity contribution in [2.45, 2.75) is 0 Å². The fraction of sp³-hybridized carbons (Fsp3) is 0.111. The van der Waals surface area contributed by atoms with E-state index in [2.05, 4.69) is 9.73 Å². The largest absolute Gasteiger partial charge is 0.465 e. The molecule has 0 aliphatic rings. The number of carbonyl (C=O) groups excluding carboxylic acids is 2. The van der Waals surface area contributed by atoms with Gasteiger partial charge in [0.2, 0.25) is 6.08 Å². The summed E-state index contributed by atoms with van der Waals surface area (Å²) in [7, 11) is 1.15. The molecule has 0 spiro atoms. The summed E-state index contributed by atoms with van der Waals surface area (Å²) in [4.78, 5) is 24.2. The lowest BCUT2D eigenvalue weighted by Crippen LogP contribution is -2.02. The molecule has 0 aromatic heterocycles. The SMILES string of the molecule is COC(=O)c1cccc(F)c1N=C=O. The summed E-state index contributed by atoms with van der Waals surface area (Å²) in [5, 5.41) is 0. The number of carbonyl (C=O) groups is 1. The predicted molar refractivity (Wildman–Crippen MR) is 45.5 cm³/mol. The molecule has 0 aliphatic carbocycles. The van der Waals surface area contributed by atoms with Gasteiger partial charge in [-0.25, -0.2) is 14.0 Å². The lowest BCUT2D eigenvalue weighted by molar-refractivity contribution is 0.0601. The van der Waals surface area contributed by atoms with Gasteiger partial charge in [-0.1, -0.05) is 6.07 Å². The number of ether oxygens (including phenoxy) is 1. The molecule has 0 unspecified atom stereocenters. The van der Waals surface area contributed by atoms with Gasteiger partial charge in [-0.05, 0) is 12.1 Å². The van der Waals surface area contributed by atoms with Crippen molar-refractivity contribution >= 4 is 17.7 Å². The summed E-state index contributed by atoms with van der Waals surface area (Å²) >= 11 is 0. The molecule has 5 heteroatoms. The predicted octanol–water partition coefficient (Wildman–Crippen LogP) is 1.58. The van der Waals surface area contributed by atoms with Gasteiger partial charge in [0.1, 0.15) is 5.69 Å². The molecule has 0 aliphatic heterocycles. The number of hydrogen-bond acceptors (Lipinski definition) is 4. The van der Waals surface area contributed by atoms with Gasteiger partial charge in [0.15, 0.2) is 5.82 Å². The molecule has 0 N–H and O–H groups in total. The van der Waals surface area contributed by atoms with Crippen molar-refractivity contribution < 1.29 is 18.7 Å². The van der Waals surface area contributed by atoms with Gasteiger partial charge in [-0.3, -0.25) is 0 Å². The highest BCUT2D eigenvalue weighted by Gasteiger charge is 2.14. The van der Waals surface area contributed by atoms with Crippen LogP contribution in [0.15, 0.2) is 23.2 Å². The van der Waals surface area contributed by atoms with Crippen LogP contribution in [0.1, 0.15) is 10.4 Å². The molecule has 0 saturated carbocycles. The summed E-state index contributed by atoms with van der Waals surface area (Å²) in [6.07, 6.45) is 1.17. The molecule has 0 amide bonds. The first-order valence-corrected chi connectivity index (χ1v) is 3.65. The number of rotatable bonds is 2. The van der Waals surface area contributed by atoms with E-state index >= 15 is 0 Å². The Morgan fingerprint density at radius 3 is 2.86 bits per heavy atom. The number of para-hydroxylation sites is 1. The van der Waals surface area contributed by atoms with Crippen molar-refractivity contribution in [2.24, 2.45) is 4.99 Å². The third-order valence-corrected chi connectivity index (χ3v) is 1.55. The van der Waals surface area contributed by atoms with E-state index in [4.69, 9.17) is 0 Å². The standard InChI is InChI=1S/C9H6FNO3/c1-14-9(13)6-3-2-4-7(10)8(6)11-5-12/h2-4H,1H3. The summed E-state index contributed by atoms with van der Waals surface area (Å²) in [5.41, 5.74) is -0.454. The molecule has 0 radical (unpaired) electrons. The zero-order valence-corrected chi connectivity index (χ0v) is 7.28. The van der Waals surface area contributed by atoms with Crippen LogP contribution in [0.2, 0.25) is 0 Å². The number of methoxy groups -OCH3 is 1. The zero-order valence-electron chi connectivity index (χ0n) is 7.28. The van der Waals surface area contributed by atoms with Crippen molar-refractivity contribution in [1.29, 1.82) is 0 Å². The fourth-order valence-corrected chi connectivity index (χ4v) is 0.949. The summed E-state index contributed by atoms with van der Waals surface area (Å²) in [5.74, 6) is -1.52. The van der Waals surface area contributed by atoms with E-state index in [-0.39, 0.29) is 11.3 Å². The Hall–Kier alpha value is -2.00. The normalized spacial score (nSPS) is 9.00. The highest BCUT2D eigenvalue weighted by molar-refractivity contribution is 5.95. The number of hydrogen-bond donors (Lipinski definition) is 0. The first-order chi connectivity index (χ1) is 6.70. The summed E-state index contributed by atoms with van der Waals surface area (Å²) < 4.78 is 17.4. The number of aliphatic imine (C=N–C) groups is 1. The molecule has 1 rings (SSSR count). The first kappa shape index (κ1) is 10.1. The maximum atomic E-state index is 13.1. The maximum absolute atomic E-state index is 13.1. The Bertz CT molecular complexity index is 411. The molecule has 4 nitrogen and oxygen atoms in total. The van der Waals surface area contributed by atoms with Crippen molar-refractivity contribution in [1.82, 2.24) is 0 Å². The van der Waals surface area contributed by atoms with E-state index in [1.165, 1.54) is 18.2 Å². The molecule has 0 atom stereocenters. The lowest BCUT2D eigenvalue weighted by Gasteiger charge is -2.02. The number of halogens is 1. The van der Waals surface area contributed by atoms with Gasteiger partial charge in [0, 0.05) is 0 Å². The second-order valence-corrected chi connectivity index (χ2v) is 2.33.